The van der Waals surface area contributed by atoms with Crippen LogP contribution in [0.2, 0.25) is 0 Å². The highest BCUT2D eigenvalue weighted by Gasteiger charge is 1.95. The molecule has 0 amide bonds. The maximum absolute atomic E-state index is 4.71. The number of hydroxylamine groups is 2. The largest absolute Gasteiger partial charge is 0.481 e. The average Bonchev–Trinajstić information content (AvgIpc) is 1.84. The summed E-state index contributed by atoms with van der Waals surface area (Å²) >= 11 is 0. The second kappa shape index (κ2) is 3.32. The quantitative estimate of drug-likeness (QED) is 0.399. The van der Waals surface area contributed by atoms with Crippen molar-refractivity contribution in [3.8, 4) is 0 Å². The monoisotopic (exact) mass is 117 g/mol. The molecule has 3 nitrogen and oxygen atoms in total. The average molecular weight is 117 g/mol. The summed E-state index contributed by atoms with van der Waals surface area (Å²) in [4.78, 5) is 4.71. The van der Waals surface area contributed by atoms with E-state index >= 15 is 0 Å². The molecule has 0 unspecified atom stereocenters. The van der Waals surface area contributed by atoms with E-state index in [0.29, 0.717) is 5.88 Å². The molecular weight excluding hydrogens is 106 g/mol. The van der Waals surface area contributed by atoms with E-state index in [0.717, 1.165) is 0 Å². The van der Waals surface area contributed by atoms with Crippen molar-refractivity contribution in [2.45, 2.75) is 0 Å². The van der Waals surface area contributed by atoms with Gasteiger partial charge in [-0.2, -0.15) is 0 Å². The van der Waals surface area contributed by atoms with Gasteiger partial charge >= 0.3 is 0 Å². The van der Waals surface area contributed by atoms with E-state index < -0.39 is 0 Å². The molecule has 0 aliphatic carbocycles. The van der Waals surface area contributed by atoms with Crippen LogP contribution in [-0.2, 0) is 9.57 Å². The first-order valence-corrected chi connectivity index (χ1v) is 2.23. The van der Waals surface area contributed by atoms with E-state index in [9.17, 15) is 0 Å². The van der Waals surface area contributed by atoms with Crippen molar-refractivity contribution in [2.75, 3.05) is 21.3 Å². The van der Waals surface area contributed by atoms with E-state index in [2.05, 4.69) is 6.58 Å². The van der Waals surface area contributed by atoms with Gasteiger partial charge in [-0.05, 0) is 6.58 Å². The van der Waals surface area contributed by atoms with E-state index in [1.165, 1.54) is 12.2 Å². The maximum Gasteiger partial charge on any atom is 0.205 e. The molecule has 0 heterocycles. The van der Waals surface area contributed by atoms with Crippen molar-refractivity contribution in [1.29, 1.82) is 0 Å². The molecule has 0 aromatic rings. The fourth-order valence-electron chi connectivity index (χ4n) is 0.230. The lowest BCUT2D eigenvalue weighted by Crippen LogP contribution is -2.15. The Bertz CT molecular complexity index is 82.5. The Morgan fingerprint density at radius 3 is 2.12 bits per heavy atom. The lowest BCUT2D eigenvalue weighted by molar-refractivity contribution is -0.115. The van der Waals surface area contributed by atoms with Crippen LogP contribution in [0.25, 0.3) is 0 Å². The summed E-state index contributed by atoms with van der Waals surface area (Å²) < 4.78 is 4.71. The molecule has 0 aromatic heterocycles. The normalized spacial score (nSPS) is 8.38. The Morgan fingerprint density at radius 1 is 1.50 bits per heavy atom. The summed E-state index contributed by atoms with van der Waals surface area (Å²) in [6.07, 6.45) is 0. The van der Waals surface area contributed by atoms with Gasteiger partial charge < -0.3 is 4.74 Å². The summed E-state index contributed by atoms with van der Waals surface area (Å²) in [5.74, 6) is 0.493. The van der Waals surface area contributed by atoms with Crippen LogP contribution < -0.4 is 0 Å². The molecule has 0 atom stereocenters. The summed E-state index contributed by atoms with van der Waals surface area (Å²) in [5.41, 5.74) is 0. The molecule has 0 fully saturated rings. The molecule has 0 aliphatic heterocycles. The fraction of sp³-hybridized carbons (Fsp3) is 0.600. The standard InChI is InChI=1S/C5H11NO2/c1-5(7-3)6(2)8-4/h1H2,2-4H3. The second-order valence-electron chi connectivity index (χ2n) is 1.28. The van der Waals surface area contributed by atoms with Gasteiger partial charge in [-0.1, -0.05) is 0 Å². The highest BCUT2D eigenvalue weighted by atomic mass is 16.7. The maximum atomic E-state index is 4.71. The molecule has 0 aliphatic rings. The summed E-state index contributed by atoms with van der Waals surface area (Å²) in [6, 6.07) is 0. The van der Waals surface area contributed by atoms with E-state index in [1.807, 2.05) is 0 Å². The van der Waals surface area contributed by atoms with Crippen molar-refractivity contribution in [2.24, 2.45) is 0 Å². The number of hydrogen-bond acceptors (Lipinski definition) is 3. The van der Waals surface area contributed by atoms with Crippen LogP contribution in [0.3, 0.4) is 0 Å². The first-order valence-electron chi connectivity index (χ1n) is 2.23. The van der Waals surface area contributed by atoms with Crippen LogP contribution >= 0.6 is 0 Å². The SMILES string of the molecule is C=C(OC)N(C)OC. The van der Waals surface area contributed by atoms with Crippen LogP contribution in [0, 0.1) is 0 Å². The minimum atomic E-state index is 0.493. The molecular formula is C5H11NO2. The number of rotatable bonds is 3. The Kier molecular flexibility index (Phi) is 3.03. The number of methoxy groups -OCH3 is 1. The highest BCUT2D eigenvalue weighted by molar-refractivity contribution is 4.73. The van der Waals surface area contributed by atoms with Crippen LogP contribution in [0.4, 0.5) is 0 Å². The van der Waals surface area contributed by atoms with Crippen LogP contribution in [0.5, 0.6) is 0 Å². The van der Waals surface area contributed by atoms with Gasteiger partial charge in [0.15, 0.2) is 0 Å². The zero-order valence-corrected chi connectivity index (χ0v) is 5.47. The third-order valence-corrected chi connectivity index (χ3v) is 0.861. The number of ether oxygens (including phenoxy) is 1. The summed E-state index contributed by atoms with van der Waals surface area (Å²) in [6.45, 7) is 3.52. The lowest BCUT2D eigenvalue weighted by atomic mass is 10.9. The predicted molar refractivity (Wildman–Crippen MR) is 30.9 cm³/mol. The van der Waals surface area contributed by atoms with E-state index in [-0.39, 0.29) is 0 Å². The minimum Gasteiger partial charge on any atom is -0.481 e. The lowest BCUT2D eigenvalue weighted by Gasteiger charge is -2.15. The van der Waals surface area contributed by atoms with Crippen molar-refractivity contribution < 1.29 is 9.57 Å². The third-order valence-electron chi connectivity index (χ3n) is 0.861. The molecule has 0 rings (SSSR count). The van der Waals surface area contributed by atoms with Gasteiger partial charge in [-0.15, -0.1) is 0 Å². The third kappa shape index (κ3) is 1.84. The first kappa shape index (κ1) is 7.30. The molecule has 8 heavy (non-hydrogen) atoms. The summed E-state index contributed by atoms with van der Waals surface area (Å²) in [5, 5.41) is 1.43. The molecule has 0 saturated heterocycles. The molecule has 0 saturated carbocycles. The minimum absolute atomic E-state index is 0.493. The predicted octanol–water partition coefficient (Wildman–Crippen LogP) is 0.597. The van der Waals surface area contributed by atoms with Crippen molar-refractivity contribution in [3.05, 3.63) is 12.5 Å². The van der Waals surface area contributed by atoms with Crippen LogP contribution in [0.1, 0.15) is 0 Å². The Hall–Kier alpha value is -0.700. The molecule has 0 radical (unpaired) electrons. The van der Waals surface area contributed by atoms with E-state index in [1.54, 1.807) is 14.2 Å². The Labute approximate surface area is 49.5 Å². The molecule has 0 bridgehead atoms. The molecule has 0 aromatic carbocycles. The van der Waals surface area contributed by atoms with E-state index in [4.69, 9.17) is 9.57 Å². The number of nitrogens with zero attached hydrogens (tertiary/aromatic N) is 1. The topological polar surface area (TPSA) is 21.7 Å². The van der Waals surface area contributed by atoms with Crippen molar-refractivity contribution in [1.82, 2.24) is 5.06 Å². The Balaban J connectivity index is 3.46. The van der Waals surface area contributed by atoms with Crippen LogP contribution in [-0.4, -0.2) is 26.3 Å². The van der Waals surface area contributed by atoms with Gasteiger partial charge in [-0.3, -0.25) is 4.84 Å². The number of hydrogen-bond donors (Lipinski definition) is 0. The van der Waals surface area contributed by atoms with Gasteiger partial charge in [0.25, 0.3) is 0 Å². The van der Waals surface area contributed by atoms with Gasteiger partial charge in [0.05, 0.1) is 14.2 Å². The van der Waals surface area contributed by atoms with Crippen LogP contribution in [0.15, 0.2) is 12.5 Å². The van der Waals surface area contributed by atoms with Gasteiger partial charge in [0, 0.05) is 7.05 Å². The fourth-order valence-corrected chi connectivity index (χ4v) is 0.230. The molecule has 0 spiro atoms. The Morgan fingerprint density at radius 2 is 2.00 bits per heavy atom. The van der Waals surface area contributed by atoms with Gasteiger partial charge in [0.1, 0.15) is 0 Å². The molecule has 48 valence electrons. The smallest absolute Gasteiger partial charge is 0.205 e. The highest BCUT2D eigenvalue weighted by Crippen LogP contribution is 1.95. The van der Waals surface area contributed by atoms with Crippen molar-refractivity contribution >= 4 is 0 Å². The molecule has 0 N–H and O–H groups in total. The zero-order valence-electron chi connectivity index (χ0n) is 5.47. The second-order valence-corrected chi connectivity index (χ2v) is 1.28. The summed E-state index contributed by atoms with van der Waals surface area (Å²) in [7, 11) is 4.80. The van der Waals surface area contributed by atoms with Gasteiger partial charge in [0.2, 0.25) is 5.88 Å². The zero-order chi connectivity index (χ0) is 6.57. The first-order chi connectivity index (χ1) is 3.72. The van der Waals surface area contributed by atoms with Gasteiger partial charge in [-0.25, -0.2) is 5.06 Å². The molecule has 3 heteroatoms. The van der Waals surface area contributed by atoms with Crippen molar-refractivity contribution in [3.63, 3.8) is 0 Å².